The molecule has 0 fully saturated rings. The molecule has 0 aliphatic heterocycles. The maximum atomic E-state index is 3.46. The molecule has 0 saturated heterocycles. The fraction of sp³-hybridized carbons (Fsp3) is 0.500. The summed E-state index contributed by atoms with van der Waals surface area (Å²) in [5.74, 6) is 1.74. The van der Waals surface area contributed by atoms with Crippen LogP contribution in [0.4, 0.5) is 0 Å². The van der Waals surface area contributed by atoms with E-state index >= 15 is 0 Å². The van der Waals surface area contributed by atoms with Crippen molar-refractivity contribution in [2.45, 2.75) is 40.5 Å². The minimum absolute atomic E-state index is 0.823. The first kappa shape index (κ1) is 17.4. The highest BCUT2D eigenvalue weighted by Gasteiger charge is 2.10. The highest BCUT2D eigenvalue weighted by Crippen LogP contribution is 2.22. The van der Waals surface area contributed by atoms with Gasteiger partial charge in [-0.25, -0.2) is 0 Å². The first-order chi connectivity index (χ1) is 7.63. The molecule has 0 saturated carbocycles. The van der Waals surface area contributed by atoms with Crippen molar-refractivity contribution in [2.24, 2.45) is 11.8 Å². The van der Waals surface area contributed by atoms with E-state index in [-0.39, 0.29) is 0 Å². The minimum atomic E-state index is 0.823. The third kappa shape index (κ3) is 13.0. The van der Waals surface area contributed by atoms with Gasteiger partial charge in [-0.05, 0) is 38.5 Å². The average molecular weight is 220 g/mol. The fourth-order valence-corrected chi connectivity index (χ4v) is 1.26. The summed E-state index contributed by atoms with van der Waals surface area (Å²) in [6, 6.07) is 0. The average Bonchev–Trinajstić information content (AvgIpc) is 2.26. The normalized spacial score (nSPS) is 22.5. The quantitative estimate of drug-likeness (QED) is 0.401. The molecule has 2 unspecified atom stereocenters. The van der Waals surface area contributed by atoms with E-state index in [4.69, 9.17) is 0 Å². The summed E-state index contributed by atoms with van der Waals surface area (Å²) in [5, 5.41) is 0. The monoisotopic (exact) mass is 220 g/mol. The maximum Gasteiger partial charge on any atom is -0.0236 e. The maximum absolute atomic E-state index is 3.46. The molecule has 0 spiro atoms. The van der Waals surface area contributed by atoms with Crippen LogP contribution in [-0.4, -0.2) is 0 Å². The molecule has 2 atom stereocenters. The predicted octanol–water partition coefficient (Wildman–Crippen LogP) is 5.55. The van der Waals surface area contributed by atoms with Crippen molar-refractivity contribution < 1.29 is 0 Å². The molecule has 0 aromatic carbocycles. The number of hydrogen-bond acceptors (Lipinski definition) is 0. The van der Waals surface area contributed by atoms with Gasteiger partial charge in [-0.3, -0.25) is 0 Å². The first-order valence-corrected chi connectivity index (χ1v) is 6.11. The minimum Gasteiger partial charge on any atom is -0.103 e. The van der Waals surface area contributed by atoms with Crippen LogP contribution in [0.15, 0.2) is 49.6 Å². The van der Waals surface area contributed by atoms with Gasteiger partial charge in [0.15, 0.2) is 0 Å². The Balaban J connectivity index is 0. The molecular formula is C16H28. The van der Waals surface area contributed by atoms with E-state index in [9.17, 15) is 0 Å². The van der Waals surface area contributed by atoms with E-state index < -0.39 is 0 Å². The van der Waals surface area contributed by atoms with Crippen LogP contribution in [0.5, 0.6) is 0 Å². The van der Waals surface area contributed by atoms with E-state index in [1.807, 2.05) is 26.0 Å². The summed E-state index contributed by atoms with van der Waals surface area (Å²) in [4.78, 5) is 0. The summed E-state index contributed by atoms with van der Waals surface area (Å²) in [6.07, 6.45) is 14.6. The summed E-state index contributed by atoms with van der Waals surface area (Å²) in [6.45, 7) is 15.3. The van der Waals surface area contributed by atoms with Crippen LogP contribution in [0.3, 0.4) is 0 Å². The van der Waals surface area contributed by atoms with Gasteiger partial charge in [0.2, 0.25) is 0 Å². The molecule has 0 nitrogen and oxygen atoms in total. The Labute approximate surface area is 102 Å². The topological polar surface area (TPSA) is 0 Å². The Morgan fingerprint density at radius 1 is 1.19 bits per heavy atom. The zero-order valence-corrected chi connectivity index (χ0v) is 11.4. The molecule has 0 amide bonds. The Morgan fingerprint density at radius 3 is 1.94 bits per heavy atom. The molecule has 1 aliphatic rings. The van der Waals surface area contributed by atoms with E-state index in [1.165, 1.54) is 12.8 Å². The summed E-state index contributed by atoms with van der Waals surface area (Å²) >= 11 is 0. The van der Waals surface area contributed by atoms with Crippen LogP contribution in [0.2, 0.25) is 0 Å². The Kier molecular flexibility index (Phi) is 15.1. The zero-order chi connectivity index (χ0) is 12.8. The highest BCUT2D eigenvalue weighted by molar-refractivity contribution is 4.94. The van der Waals surface area contributed by atoms with Crippen LogP contribution in [0.1, 0.15) is 40.5 Å². The lowest BCUT2D eigenvalue weighted by molar-refractivity contribution is 0.413. The first-order valence-electron chi connectivity index (χ1n) is 6.11. The van der Waals surface area contributed by atoms with E-state index in [2.05, 4.69) is 39.2 Å². The molecule has 0 bridgehead atoms. The molecule has 16 heavy (non-hydrogen) atoms. The Bertz CT molecular complexity index is 208. The molecule has 92 valence electrons. The second kappa shape index (κ2) is 14.0. The van der Waals surface area contributed by atoms with E-state index in [0.29, 0.717) is 0 Å². The van der Waals surface area contributed by atoms with Crippen LogP contribution >= 0.6 is 0 Å². The second-order valence-electron chi connectivity index (χ2n) is 4.01. The molecule has 0 heteroatoms. The molecule has 0 N–H and O–H groups in total. The molecule has 0 aromatic heterocycles. The lowest BCUT2D eigenvalue weighted by Gasteiger charge is -2.19. The number of rotatable bonds is 1. The van der Waals surface area contributed by atoms with Gasteiger partial charge in [0.25, 0.3) is 0 Å². The van der Waals surface area contributed by atoms with Gasteiger partial charge in [-0.1, -0.05) is 56.9 Å². The van der Waals surface area contributed by atoms with Gasteiger partial charge in [0.05, 0.1) is 0 Å². The molecule has 0 heterocycles. The summed E-state index contributed by atoms with van der Waals surface area (Å²) < 4.78 is 0. The van der Waals surface area contributed by atoms with Crippen molar-refractivity contribution in [3.05, 3.63) is 49.6 Å². The summed E-state index contributed by atoms with van der Waals surface area (Å²) in [7, 11) is 0. The molecular weight excluding hydrogens is 192 g/mol. The van der Waals surface area contributed by atoms with Crippen molar-refractivity contribution >= 4 is 0 Å². The van der Waals surface area contributed by atoms with Gasteiger partial charge >= 0.3 is 0 Å². The van der Waals surface area contributed by atoms with Gasteiger partial charge in [-0.2, -0.15) is 0 Å². The standard InChI is InChI=1S/C8H14.C5H8.C3H6/c1-7-5-3-4-6-8(7)2;1-3-5-4-2;1-3-2/h3,5,7-8H,4,6H2,1-2H3;3-5H,1H2,2H3;3H,1H2,2H3/b;5-4+;. The molecule has 0 radical (unpaired) electrons. The van der Waals surface area contributed by atoms with Crippen molar-refractivity contribution in [3.63, 3.8) is 0 Å². The van der Waals surface area contributed by atoms with E-state index in [1.54, 1.807) is 12.2 Å². The predicted molar refractivity (Wildman–Crippen MR) is 77.6 cm³/mol. The van der Waals surface area contributed by atoms with Crippen molar-refractivity contribution in [1.82, 2.24) is 0 Å². The molecule has 1 rings (SSSR count). The van der Waals surface area contributed by atoms with Gasteiger partial charge in [0.1, 0.15) is 0 Å². The lowest BCUT2D eigenvalue weighted by Crippen LogP contribution is -2.07. The highest BCUT2D eigenvalue weighted by atomic mass is 14.2. The van der Waals surface area contributed by atoms with Crippen molar-refractivity contribution in [3.8, 4) is 0 Å². The van der Waals surface area contributed by atoms with Crippen LogP contribution in [-0.2, 0) is 0 Å². The smallest absolute Gasteiger partial charge is 0.0236 e. The van der Waals surface area contributed by atoms with Gasteiger partial charge in [-0.15, -0.1) is 6.58 Å². The number of allylic oxidation sites excluding steroid dienone is 6. The fourth-order valence-electron chi connectivity index (χ4n) is 1.26. The number of hydrogen-bond donors (Lipinski definition) is 0. The van der Waals surface area contributed by atoms with E-state index in [0.717, 1.165) is 11.8 Å². The largest absolute Gasteiger partial charge is 0.103 e. The third-order valence-electron chi connectivity index (χ3n) is 2.45. The molecule has 0 aromatic rings. The van der Waals surface area contributed by atoms with Crippen molar-refractivity contribution in [1.29, 1.82) is 0 Å². The lowest BCUT2D eigenvalue weighted by atomic mass is 9.87. The second-order valence-corrected chi connectivity index (χ2v) is 4.01. The van der Waals surface area contributed by atoms with Gasteiger partial charge < -0.3 is 0 Å². The Morgan fingerprint density at radius 2 is 1.75 bits per heavy atom. The molecule has 1 aliphatic carbocycles. The van der Waals surface area contributed by atoms with Gasteiger partial charge in [0, 0.05) is 0 Å². The van der Waals surface area contributed by atoms with Crippen LogP contribution in [0.25, 0.3) is 0 Å². The summed E-state index contributed by atoms with van der Waals surface area (Å²) in [5.41, 5.74) is 0. The SMILES string of the molecule is C=C/C=C/C.C=CC.CC1C=CCCC1C. The van der Waals surface area contributed by atoms with Crippen molar-refractivity contribution in [2.75, 3.05) is 0 Å². The Hall–Kier alpha value is -1.04. The van der Waals surface area contributed by atoms with Crippen LogP contribution < -0.4 is 0 Å². The van der Waals surface area contributed by atoms with Crippen LogP contribution in [0, 0.1) is 11.8 Å². The third-order valence-corrected chi connectivity index (χ3v) is 2.45. The zero-order valence-electron chi connectivity index (χ0n) is 11.4.